The zero-order valence-electron chi connectivity index (χ0n) is 9.90. The molecule has 8 heteroatoms. The molecule has 1 amide bonds. The van der Waals surface area contributed by atoms with Crippen molar-refractivity contribution in [1.29, 1.82) is 0 Å². The summed E-state index contributed by atoms with van der Waals surface area (Å²) in [7, 11) is 0. The second kappa shape index (κ2) is 5.49. The minimum absolute atomic E-state index is 0.0416. The van der Waals surface area contributed by atoms with Gasteiger partial charge in [-0.25, -0.2) is 4.79 Å². The van der Waals surface area contributed by atoms with Crippen LogP contribution in [0.25, 0.3) is 0 Å². The number of amides is 1. The maximum Gasteiger partial charge on any atom is 0.335 e. The van der Waals surface area contributed by atoms with Crippen molar-refractivity contribution in [3.63, 3.8) is 0 Å². The van der Waals surface area contributed by atoms with Crippen molar-refractivity contribution >= 4 is 33.9 Å². The van der Waals surface area contributed by atoms with Gasteiger partial charge in [0.05, 0.1) is 15.4 Å². The Kier molecular flexibility index (Phi) is 3.76. The molecule has 102 valence electrons. The second-order valence-corrected chi connectivity index (χ2v) is 4.80. The highest BCUT2D eigenvalue weighted by Crippen LogP contribution is 2.24. The fourth-order valence-corrected chi connectivity index (χ4v) is 2.19. The largest absolute Gasteiger partial charge is 0.478 e. The van der Waals surface area contributed by atoms with Crippen LogP contribution in [0.5, 0.6) is 0 Å². The fourth-order valence-electron chi connectivity index (χ4n) is 1.47. The smallest absolute Gasteiger partial charge is 0.335 e. The summed E-state index contributed by atoms with van der Waals surface area (Å²) in [5.41, 5.74) is 0.353. The second-order valence-electron chi connectivity index (χ2n) is 3.74. The number of carbonyl (C=O) groups is 2. The van der Waals surface area contributed by atoms with E-state index in [2.05, 4.69) is 5.32 Å². The van der Waals surface area contributed by atoms with Gasteiger partial charge in [-0.3, -0.25) is 14.9 Å². The number of carbonyl (C=O) groups excluding carboxylic acids is 1. The van der Waals surface area contributed by atoms with Gasteiger partial charge in [-0.05, 0) is 24.3 Å². The van der Waals surface area contributed by atoms with Crippen LogP contribution in [0.3, 0.4) is 0 Å². The number of thiophene rings is 1. The summed E-state index contributed by atoms with van der Waals surface area (Å²) < 4.78 is 0. The molecule has 20 heavy (non-hydrogen) atoms. The average molecular weight is 292 g/mol. The molecule has 2 rings (SSSR count). The number of rotatable bonds is 4. The van der Waals surface area contributed by atoms with Crippen molar-refractivity contribution in [3.05, 3.63) is 57.0 Å². The van der Waals surface area contributed by atoms with E-state index >= 15 is 0 Å². The van der Waals surface area contributed by atoms with E-state index in [4.69, 9.17) is 5.11 Å². The molecular formula is C12H8N2O5S. The molecule has 0 unspecified atom stereocenters. The minimum atomic E-state index is -1.10. The van der Waals surface area contributed by atoms with Crippen LogP contribution >= 0.6 is 11.3 Å². The lowest BCUT2D eigenvalue weighted by molar-refractivity contribution is -0.380. The zero-order valence-corrected chi connectivity index (χ0v) is 10.7. The zero-order chi connectivity index (χ0) is 14.7. The Morgan fingerprint density at radius 3 is 2.60 bits per heavy atom. The molecule has 1 aromatic heterocycles. The Labute approximate surface area is 116 Å². The number of nitrogens with zero attached hydrogens (tertiary/aromatic N) is 1. The molecule has 0 aliphatic carbocycles. The molecule has 0 bridgehead atoms. The van der Waals surface area contributed by atoms with Crippen LogP contribution in [0.15, 0.2) is 36.4 Å². The first kappa shape index (κ1) is 13.7. The van der Waals surface area contributed by atoms with E-state index in [0.717, 1.165) is 11.3 Å². The molecule has 0 atom stereocenters. The number of hydrogen-bond donors (Lipinski definition) is 2. The first-order valence-corrected chi connectivity index (χ1v) is 6.18. The van der Waals surface area contributed by atoms with Crippen molar-refractivity contribution in [2.45, 2.75) is 0 Å². The van der Waals surface area contributed by atoms with Gasteiger partial charge in [0.1, 0.15) is 0 Å². The van der Waals surface area contributed by atoms with Crippen molar-refractivity contribution < 1.29 is 19.6 Å². The summed E-state index contributed by atoms with van der Waals surface area (Å²) in [6.45, 7) is 0. The van der Waals surface area contributed by atoms with Crippen LogP contribution in [0.4, 0.5) is 10.7 Å². The summed E-state index contributed by atoms with van der Waals surface area (Å²) in [6, 6.07) is 8.32. The Hall–Kier alpha value is -2.74. The molecule has 0 saturated heterocycles. The number of carboxylic acids is 1. The lowest BCUT2D eigenvalue weighted by Crippen LogP contribution is -2.10. The number of nitrogens with one attached hydrogen (secondary N) is 1. The van der Waals surface area contributed by atoms with E-state index in [-0.39, 0.29) is 15.4 Å². The number of anilines is 1. The fraction of sp³-hybridized carbons (Fsp3) is 0. The predicted molar refractivity (Wildman–Crippen MR) is 72.3 cm³/mol. The Morgan fingerprint density at radius 2 is 2.00 bits per heavy atom. The van der Waals surface area contributed by atoms with Gasteiger partial charge in [-0.1, -0.05) is 17.4 Å². The number of benzene rings is 1. The van der Waals surface area contributed by atoms with Crippen LogP contribution in [0, 0.1) is 10.1 Å². The highest BCUT2D eigenvalue weighted by Gasteiger charge is 2.15. The average Bonchev–Trinajstić information content (AvgIpc) is 2.88. The Balaban J connectivity index is 2.16. The molecule has 0 spiro atoms. The molecule has 0 aliphatic rings. The minimum Gasteiger partial charge on any atom is -0.478 e. The number of aromatic carboxylic acids is 1. The lowest BCUT2D eigenvalue weighted by Gasteiger charge is -2.04. The topological polar surface area (TPSA) is 110 Å². The van der Waals surface area contributed by atoms with Gasteiger partial charge >= 0.3 is 11.0 Å². The molecule has 0 saturated carbocycles. The van der Waals surface area contributed by atoms with Gasteiger partial charge < -0.3 is 10.4 Å². The molecule has 0 fully saturated rings. The van der Waals surface area contributed by atoms with Gasteiger partial charge in [0.15, 0.2) is 0 Å². The Morgan fingerprint density at radius 1 is 1.25 bits per heavy atom. The van der Waals surface area contributed by atoms with E-state index in [1.807, 2.05) is 0 Å². The maximum atomic E-state index is 11.9. The van der Waals surface area contributed by atoms with Gasteiger partial charge in [-0.15, -0.1) is 0 Å². The van der Waals surface area contributed by atoms with Crippen LogP contribution in [0.1, 0.15) is 20.0 Å². The van der Waals surface area contributed by atoms with Gasteiger partial charge in [0, 0.05) is 11.8 Å². The number of carboxylic acid groups (broad SMARTS) is 1. The molecule has 1 aromatic carbocycles. The van der Waals surface area contributed by atoms with Gasteiger partial charge in [0.2, 0.25) is 0 Å². The summed E-state index contributed by atoms with van der Waals surface area (Å²) in [5.74, 6) is -1.63. The van der Waals surface area contributed by atoms with E-state index in [9.17, 15) is 19.7 Å². The first-order chi connectivity index (χ1) is 9.47. The quantitative estimate of drug-likeness (QED) is 0.665. The van der Waals surface area contributed by atoms with Crippen LogP contribution < -0.4 is 5.32 Å². The van der Waals surface area contributed by atoms with Crippen molar-refractivity contribution in [1.82, 2.24) is 0 Å². The summed E-state index contributed by atoms with van der Waals surface area (Å²) in [4.78, 5) is 32.8. The standard InChI is InChI=1S/C12H8N2O5S/c15-11(9-4-5-10(20-9)14(18)19)13-8-3-1-2-7(6-8)12(16)17/h1-6H,(H,13,15)(H,16,17). The van der Waals surface area contributed by atoms with Crippen LogP contribution in [0.2, 0.25) is 0 Å². The van der Waals surface area contributed by atoms with E-state index in [1.54, 1.807) is 0 Å². The lowest BCUT2D eigenvalue weighted by atomic mass is 10.2. The number of hydrogen-bond acceptors (Lipinski definition) is 5. The van der Waals surface area contributed by atoms with Crippen molar-refractivity contribution in [2.75, 3.05) is 5.32 Å². The van der Waals surface area contributed by atoms with Crippen LogP contribution in [-0.2, 0) is 0 Å². The highest BCUT2D eigenvalue weighted by molar-refractivity contribution is 7.17. The van der Waals surface area contributed by atoms with E-state index in [1.165, 1.54) is 36.4 Å². The molecule has 0 aliphatic heterocycles. The van der Waals surface area contributed by atoms with Gasteiger partial charge in [0.25, 0.3) is 5.91 Å². The van der Waals surface area contributed by atoms with Crippen molar-refractivity contribution in [2.24, 2.45) is 0 Å². The molecular weight excluding hydrogens is 284 g/mol. The molecule has 7 nitrogen and oxygen atoms in total. The molecule has 1 heterocycles. The van der Waals surface area contributed by atoms with Crippen LogP contribution in [-0.4, -0.2) is 21.9 Å². The first-order valence-electron chi connectivity index (χ1n) is 5.36. The normalized spacial score (nSPS) is 10.0. The third kappa shape index (κ3) is 2.98. The maximum absolute atomic E-state index is 11.9. The monoisotopic (exact) mass is 292 g/mol. The SMILES string of the molecule is O=C(O)c1cccc(NC(=O)c2ccc([N+](=O)[O-])s2)c1. The summed E-state index contributed by atoms with van der Waals surface area (Å²) in [5, 5.41) is 21.7. The highest BCUT2D eigenvalue weighted by atomic mass is 32.1. The van der Waals surface area contributed by atoms with E-state index < -0.39 is 16.8 Å². The predicted octanol–water partition coefficient (Wildman–Crippen LogP) is 2.61. The third-order valence-corrected chi connectivity index (χ3v) is 3.40. The summed E-state index contributed by atoms with van der Waals surface area (Å²) in [6.07, 6.45) is 0. The third-order valence-electron chi connectivity index (χ3n) is 2.36. The van der Waals surface area contributed by atoms with Crippen molar-refractivity contribution in [3.8, 4) is 0 Å². The Bertz CT molecular complexity index is 695. The molecule has 0 radical (unpaired) electrons. The van der Waals surface area contributed by atoms with Gasteiger partial charge in [-0.2, -0.15) is 0 Å². The number of nitro groups is 1. The summed E-state index contributed by atoms with van der Waals surface area (Å²) >= 11 is 0.751. The molecule has 2 aromatic rings. The molecule has 2 N–H and O–H groups in total. The van der Waals surface area contributed by atoms with E-state index in [0.29, 0.717) is 5.69 Å².